The summed E-state index contributed by atoms with van der Waals surface area (Å²) in [5.74, 6) is 0. The number of hydrogen-bond donors (Lipinski definition) is 1. The summed E-state index contributed by atoms with van der Waals surface area (Å²) in [5.41, 5.74) is 0.465. The number of likely N-dealkylation sites (tertiary alicyclic amines) is 1. The summed E-state index contributed by atoms with van der Waals surface area (Å²) in [6.07, 6.45) is 6.77. The van der Waals surface area contributed by atoms with E-state index in [-0.39, 0.29) is 0 Å². The van der Waals surface area contributed by atoms with Gasteiger partial charge in [-0.15, -0.1) is 0 Å². The summed E-state index contributed by atoms with van der Waals surface area (Å²) >= 11 is 0. The van der Waals surface area contributed by atoms with Crippen LogP contribution in [0.2, 0.25) is 0 Å². The van der Waals surface area contributed by atoms with E-state index in [9.17, 15) is 0 Å². The zero-order valence-electron chi connectivity index (χ0n) is 11.5. The van der Waals surface area contributed by atoms with Crippen molar-refractivity contribution in [2.45, 2.75) is 52.9 Å². The van der Waals surface area contributed by atoms with Gasteiger partial charge in [0.1, 0.15) is 0 Å². The molecule has 1 atom stereocenters. The Labute approximate surface area is 102 Å². The Morgan fingerprint density at radius 1 is 1.12 bits per heavy atom. The van der Waals surface area contributed by atoms with E-state index in [2.05, 4.69) is 31.0 Å². The van der Waals surface area contributed by atoms with Crippen LogP contribution in [0.4, 0.5) is 0 Å². The molecule has 0 aliphatic carbocycles. The molecular weight excluding hydrogens is 196 g/mol. The molecule has 96 valence electrons. The molecule has 0 bridgehead atoms. The van der Waals surface area contributed by atoms with Crippen LogP contribution in [-0.2, 0) is 0 Å². The van der Waals surface area contributed by atoms with Gasteiger partial charge in [0.05, 0.1) is 0 Å². The predicted octanol–water partition coefficient (Wildman–Crippen LogP) is 2.89. The summed E-state index contributed by atoms with van der Waals surface area (Å²) in [4.78, 5) is 2.67. The van der Waals surface area contributed by atoms with Crippen LogP contribution in [0.25, 0.3) is 0 Å². The van der Waals surface area contributed by atoms with Gasteiger partial charge in [0.2, 0.25) is 0 Å². The van der Waals surface area contributed by atoms with Crippen molar-refractivity contribution in [1.29, 1.82) is 0 Å². The lowest BCUT2D eigenvalue weighted by Crippen LogP contribution is -2.44. The maximum atomic E-state index is 3.59. The first-order chi connectivity index (χ1) is 7.70. The van der Waals surface area contributed by atoms with E-state index in [1.54, 1.807) is 0 Å². The monoisotopic (exact) mass is 226 g/mol. The van der Waals surface area contributed by atoms with E-state index in [0.717, 1.165) is 6.54 Å². The van der Waals surface area contributed by atoms with Gasteiger partial charge in [-0.05, 0) is 50.7 Å². The van der Waals surface area contributed by atoms with Crippen molar-refractivity contribution < 1.29 is 0 Å². The topological polar surface area (TPSA) is 15.3 Å². The molecule has 0 aromatic heterocycles. The largest absolute Gasteiger partial charge is 0.316 e. The molecule has 0 radical (unpaired) electrons. The molecule has 1 heterocycles. The molecule has 2 nitrogen and oxygen atoms in total. The third kappa shape index (κ3) is 4.84. The van der Waals surface area contributed by atoms with Gasteiger partial charge in [-0.3, -0.25) is 0 Å². The molecule has 0 saturated carbocycles. The Kier molecular flexibility index (Phi) is 6.37. The van der Waals surface area contributed by atoms with E-state index in [1.807, 2.05) is 0 Å². The fraction of sp³-hybridized carbons (Fsp3) is 1.00. The fourth-order valence-corrected chi connectivity index (χ4v) is 2.52. The second-order valence-corrected chi connectivity index (χ2v) is 5.68. The second-order valence-electron chi connectivity index (χ2n) is 5.68. The van der Waals surface area contributed by atoms with Crippen molar-refractivity contribution in [3.63, 3.8) is 0 Å². The molecule has 1 fully saturated rings. The van der Waals surface area contributed by atoms with Crippen molar-refractivity contribution >= 4 is 0 Å². The quantitative estimate of drug-likeness (QED) is 0.672. The molecule has 16 heavy (non-hydrogen) atoms. The van der Waals surface area contributed by atoms with Crippen LogP contribution < -0.4 is 5.32 Å². The highest BCUT2D eigenvalue weighted by molar-refractivity contribution is 4.80. The van der Waals surface area contributed by atoms with Gasteiger partial charge in [-0.1, -0.05) is 27.2 Å². The van der Waals surface area contributed by atoms with E-state index < -0.39 is 0 Å². The van der Waals surface area contributed by atoms with Gasteiger partial charge in [0.15, 0.2) is 0 Å². The minimum atomic E-state index is 0.465. The fourth-order valence-electron chi connectivity index (χ4n) is 2.52. The zero-order valence-corrected chi connectivity index (χ0v) is 11.5. The zero-order chi connectivity index (χ0) is 11.9. The number of nitrogens with zero attached hydrogens (tertiary/aromatic N) is 1. The van der Waals surface area contributed by atoms with Crippen LogP contribution in [0, 0.1) is 5.41 Å². The average molecular weight is 226 g/mol. The Morgan fingerprint density at radius 3 is 2.38 bits per heavy atom. The predicted molar refractivity (Wildman–Crippen MR) is 71.8 cm³/mol. The Balaban J connectivity index is 2.32. The van der Waals surface area contributed by atoms with Gasteiger partial charge in [0.25, 0.3) is 0 Å². The third-order valence-electron chi connectivity index (χ3n) is 3.89. The van der Waals surface area contributed by atoms with Crippen molar-refractivity contribution in [1.82, 2.24) is 10.2 Å². The lowest BCUT2D eigenvalue weighted by molar-refractivity contribution is 0.135. The number of rotatable bonds is 7. The van der Waals surface area contributed by atoms with Gasteiger partial charge in [-0.2, -0.15) is 0 Å². The van der Waals surface area contributed by atoms with Crippen molar-refractivity contribution in [3.05, 3.63) is 0 Å². The molecular formula is C14H30N2. The van der Waals surface area contributed by atoms with Gasteiger partial charge in [-0.25, -0.2) is 0 Å². The highest BCUT2D eigenvalue weighted by Gasteiger charge is 2.25. The maximum Gasteiger partial charge on any atom is 0.00474 e. The Hall–Kier alpha value is -0.0800. The maximum absolute atomic E-state index is 3.59. The lowest BCUT2D eigenvalue weighted by Gasteiger charge is -2.37. The standard InChI is InChI=1S/C14H30N2/c1-4-9-15-12-14(3,5-2)13-16-10-7-6-8-11-16/h15H,4-13H2,1-3H3. The van der Waals surface area contributed by atoms with Crippen molar-refractivity contribution in [3.8, 4) is 0 Å². The molecule has 2 heteroatoms. The van der Waals surface area contributed by atoms with Crippen LogP contribution in [-0.4, -0.2) is 37.6 Å². The number of piperidine rings is 1. The first-order valence-corrected chi connectivity index (χ1v) is 7.13. The molecule has 1 aliphatic rings. The molecule has 0 amide bonds. The van der Waals surface area contributed by atoms with Crippen molar-refractivity contribution in [2.24, 2.45) is 5.41 Å². The van der Waals surface area contributed by atoms with Crippen LogP contribution in [0.15, 0.2) is 0 Å². The summed E-state index contributed by atoms with van der Waals surface area (Å²) in [6, 6.07) is 0. The average Bonchev–Trinajstić information content (AvgIpc) is 2.31. The van der Waals surface area contributed by atoms with E-state index in [4.69, 9.17) is 0 Å². The molecule has 1 rings (SSSR count). The summed E-state index contributed by atoms with van der Waals surface area (Å²) < 4.78 is 0. The third-order valence-corrected chi connectivity index (χ3v) is 3.89. The van der Waals surface area contributed by atoms with E-state index >= 15 is 0 Å². The summed E-state index contributed by atoms with van der Waals surface area (Å²) in [7, 11) is 0. The molecule has 1 N–H and O–H groups in total. The highest BCUT2D eigenvalue weighted by Crippen LogP contribution is 2.23. The molecule has 1 aliphatic heterocycles. The van der Waals surface area contributed by atoms with Crippen LogP contribution in [0.1, 0.15) is 52.9 Å². The SMILES string of the molecule is CCCNCC(C)(CC)CN1CCCCC1. The molecule has 1 unspecified atom stereocenters. The normalized spacial score (nSPS) is 21.9. The minimum absolute atomic E-state index is 0.465. The van der Waals surface area contributed by atoms with Crippen LogP contribution in [0.5, 0.6) is 0 Å². The lowest BCUT2D eigenvalue weighted by atomic mass is 9.86. The summed E-state index contributed by atoms with van der Waals surface area (Å²) in [5, 5.41) is 3.59. The first-order valence-electron chi connectivity index (χ1n) is 7.13. The molecule has 0 aromatic rings. The smallest absolute Gasteiger partial charge is 0.00474 e. The minimum Gasteiger partial charge on any atom is -0.316 e. The number of nitrogens with one attached hydrogen (secondary N) is 1. The molecule has 0 spiro atoms. The number of hydrogen-bond acceptors (Lipinski definition) is 2. The van der Waals surface area contributed by atoms with Crippen LogP contribution >= 0.6 is 0 Å². The van der Waals surface area contributed by atoms with Crippen molar-refractivity contribution in [2.75, 3.05) is 32.7 Å². The van der Waals surface area contributed by atoms with Gasteiger partial charge in [0, 0.05) is 13.1 Å². The van der Waals surface area contributed by atoms with Crippen LogP contribution in [0.3, 0.4) is 0 Å². The molecule has 1 saturated heterocycles. The first kappa shape index (κ1) is 14.0. The van der Waals surface area contributed by atoms with E-state index in [0.29, 0.717) is 5.41 Å². The summed E-state index contributed by atoms with van der Waals surface area (Å²) in [6.45, 7) is 13.3. The Bertz CT molecular complexity index is 176. The highest BCUT2D eigenvalue weighted by atomic mass is 15.1. The van der Waals surface area contributed by atoms with Gasteiger partial charge >= 0.3 is 0 Å². The van der Waals surface area contributed by atoms with E-state index in [1.165, 1.54) is 58.3 Å². The second kappa shape index (κ2) is 7.29. The molecule has 0 aromatic carbocycles. The van der Waals surface area contributed by atoms with Gasteiger partial charge < -0.3 is 10.2 Å². The Morgan fingerprint density at radius 2 is 1.81 bits per heavy atom.